The molecule has 1 aliphatic rings. The Kier molecular flexibility index (Phi) is 4.79. The first-order valence-electron chi connectivity index (χ1n) is 6.68. The van der Waals surface area contributed by atoms with Crippen molar-refractivity contribution in [3.05, 3.63) is 28.7 Å². The zero-order valence-electron chi connectivity index (χ0n) is 11.4. The number of hydrogen-bond donors (Lipinski definition) is 1. The molecule has 18 heavy (non-hydrogen) atoms. The van der Waals surface area contributed by atoms with Gasteiger partial charge in [0, 0.05) is 20.7 Å². The molecule has 1 saturated carbocycles. The summed E-state index contributed by atoms with van der Waals surface area (Å²) in [4.78, 5) is 1.37. The Morgan fingerprint density at radius 2 is 2.22 bits per heavy atom. The van der Waals surface area contributed by atoms with Gasteiger partial charge < -0.3 is 5.32 Å². The van der Waals surface area contributed by atoms with Gasteiger partial charge in [0.25, 0.3) is 0 Å². The molecule has 0 saturated heterocycles. The molecule has 1 aliphatic carbocycles. The number of benzene rings is 1. The lowest BCUT2D eigenvalue weighted by Gasteiger charge is -2.31. The number of rotatable bonds is 4. The SMILES string of the molecule is CCNC1C(Sc2cccc(Br)c2)CCC1(C)C. The fraction of sp³-hybridized carbons (Fsp3) is 0.600. The molecule has 0 spiro atoms. The van der Waals surface area contributed by atoms with E-state index in [-0.39, 0.29) is 0 Å². The molecule has 1 nitrogen and oxygen atoms in total. The fourth-order valence-corrected chi connectivity index (χ4v) is 4.90. The minimum atomic E-state index is 0.416. The summed E-state index contributed by atoms with van der Waals surface area (Å²) >= 11 is 5.57. The summed E-state index contributed by atoms with van der Waals surface area (Å²) in [5.41, 5.74) is 0.416. The Bertz CT molecular complexity index is 405. The minimum absolute atomic E-state index is 0.416. The van der Waals surface area contributed by atoms with Crippen molar-refractivity contribution in [3.8, 4) is 0 Å². The van der Waals surface area contributed by atoms with Crippen LogP contribution in [0.25, 0.3) is 0 Å². The van der Waals surface area contributed by atoms with Crippen LogP contribution < -0.4 is 5.32 Å². The second kappa shape index (κ2) is 5.98. The molecule has 1 N–H and O–H groups in total. The van der Waals surface area contributed by atoms with Crippen LogP contribution in [0.15, 0.2) is 33.6 Å². The highest BCUT2D eigenvalue weighted by molar-refractivity contribution is 9.10. The number of thioether (sulfide) groups is 1. The van der Waals surface area contributed by atoms with Gasteiger partial charge in [-0.15, -0.1) is 11.8 Å². The van der Waals surface area contributed by atoms with Crippen molar-refractivity contribution in [2.24, 2.45) is 5.41 Å². The average Bonchev–Trinajstić information content (AvgIpc) is 2.57. The van der Waals surface area contributed by atoms with E-state index in [4.69, 9.17) is 0 Å². The summed E-state index contributed by atoms with van der Waals surface area (Å²) in [5.74, 6) is 0. The Balaban J connectivity index is 2.09. The van der Waals surface area contributed by atoms with Crippen LogP contribution in [0.2, 0.25) is 0 Å². The van der Waals surface area contributed by atoms with E-state index in [0.29, 0.717) is 16.7 Å². The van der Waals surface area contributed by atoms with Gasteiger partial charge in [-0.05, 0) is 43.0 Å². The lowest BCUT2D eigenvalue weighted by Crippen LogP contribution is -2.43. The summed E-state index contributed by atoms with van der Waals surface area (Å²) in [5, 5.41) is 4.38. The van der Waals surface area contributed by atoms with E-state index < -0.39 is 0 Å². The van der Waals surface area contributed by atoms with Crippen LogP contribution in [0.3, 0.4) is 0 Å². The number of hydrogen-bond acceptors (Lipinski definition) is 2. The van der Waals surface area contributed by atoms with Crippen molar-refractivity contribution in [1.82, 2.24) is 5.32 Å². The van der Waals surface area contributed by atoms with Gasteiger partial charge in [-0.3, -0.25) is 0 Å². The third-order valence-electron chi connectivity index (χ3n) is 3.79. The first-order valence-corrected chi connectivity index (χ1v) is 8.36. The normalized spacial score (nSPS) is 26.4. The van der Waals surface area contributed by atoms with Gasteiger partial charge in [0.2, 0.25) is 0 Å². The van der Waals surface area contributed by atoms with Crippen LogP contribution in [0.5, 0.6) is 0 Å². The number of halogens is 1. The van der Waals surface area contributed by atoms with E-state index in [1.165, 1.54) is 22.2 Å². The Labute approximate surface area is 123 Å². The van der Waals surface area contributed by atoms with Gasteiger partial charge in [0.1, 0.15) is 0 Å². The molecule has 2 unspecified atom stereocenters. The van der Waals surface area contributed by atoms with E-state index >= 15 is 0 Å². The van der Waals surface area contributed by atoms with E-state index in [1.807, 2.05) is 11.8 Å². The molecule has 3 heteroatoms. The largest absolute Gasteiger partial charge is 0.313 e. The van der Waals surface area contributed by atoms with E-state index in [1.54, 1.807) is 0 Å². The highest BCUT2D eigenvalue weighted by atomic mass is 79.9. The molecule has 1 aromatic rings. The highest BCUT2D eigenvalue weighted by Crippen LogP contribution is 2.45. The molecular weight excluding hydrogens is 306 g/mol. The van der Waals surface area contributed by atoms with E-state index in [0.717, 1.165) is 6.54 Å². The van der Waals surface area contributed by atoms with Crippen LogP contribution >= 0.6 is 27.7 Å². The maximum absolute atomic E-state index is 3.69. The zero-order valence-corrected chi connectivity index (χ0v) is 13.8. The molecule has 0 aromatic heterocycles. The lowest BCUT2D eigenvalue weighted by atomic mass is 9.87. The molecule has 1 fully saturated rings. The average molecular weight is 328 g/mol. The topological polar surface area (TPSA) is 12.0 Å². The standard InChI is InChI=1S/C15H22BrNS/c1-4-17-14-13(8-9-15(14,2)3)18-12-7-5-6-11(16)10-12/h5-7,10,13-14,17H,4,8-9H2,1-3H3. The van der Waals surface area contributed by atoms with Gasteiger partial charge in [-0.1, -0.05) is 42.8 Å². The molecule has 0 radical (unpaired) electrons. The molecule has 0 amide bonds. The zero-order chi connectivity index (χ0) is 13.2. The molecule has 0 bridgehead atoms. The fourth-order valence-electron chi connectivity index (χ4n) is 2.81. The Morgan fingerprint density at radius 1 is 1.44 bits per heavy atom. The van der Waals surface area contributed by atoms with Gasteiger partial charge in [0.05, 0.1) is 0 Å². The molecule has 2 rings (SSSR count). The van der Waals surface area contributed by atoms with Crippen molar-refractivity contribution >= 4 is 27.7 Å². The molecular formula is C15H22BrNS. The predicted octanol–water partition coefficient (Wildman–Crippen LogP) is 4.71. The van der Waals surface area contributed by atoms with Crippen LogP contribution in [-0.2, 0) is 0 Å². The molecule has 0 aliphatic heterocycles. The van der Waals surface area contributed by atoms with Crippen LogP contribution in [0, 0.1) is 5.41 Å². The van der Waals surface area contributed by atoms with Crippen LogP contribution in [0.4, 0.5) is 0 Å². The van der Waals surface area contributed by atoms with E-state index in [9.17, 15) is 0 Å². The van der Waals surface area contributed by atoms with Crippen molar-refractivity contribution in [3.63, 3.8) is 0 Å². The summed E-state index contributed by atoms with van der Waals surface area (Å²) in [7, 11) is 0. The summed E-state index contributed by atoms with van der Waals surface area (Å²) in [6, 6.07) is 9.26. The molecule has 2 atom stereocenters. The summed E-state index contributed by atoms with van der Waals surface area (Å²) in [6.07, 6.45) is 2.62. The highest BCUT2D eigenvalue weighted by Gasteiger charge is 2.41. The van der Waals surface area contributed by atoms with E-state index in [2.05, 4.69) is 66.3 Å². The maximum Gasteiger partial charge on any atom is 0.0253 e. The van der Waals surface area contributed by atoms with Crippen LogP contribution in [-0.4, -0.2) is 17.8 Å². The second-order valence-corrected chi connectivity index (χ2v) is 7.90. The monoisotopic (exact) mass is 327 g/mol. The minimum Gasteiger partial charge on any atom is -0.313 e. The third kappa shape index (κ3) is 3.31. The lowest BCUT2D eigenvalue weighted by molar-refractivity contribution is 0.290. The summed E-state index contributed by atoms with van der Waals surface area (Å²) in [6.45, 7) is 8.04. The maximum atomic E-state index is 3.69. The van der Waals surface area contributed by atoms with Crippen molar-refractivity contribution in [1.29, 1.82) is 0 Å². The quantitative estimate of drug-likeness (QED) is 0.859. The van der Waals surface area contributed by atoms with Crippen molar-refractivity contribution in [2.75, 3.05) is 6.54 Å². The molecule has 100 valence electrons. The number of nitrogens with one attached hydrogen (secondary N) is 1. The smallest absolute Gasteiger partial charge is 0.0253 e. The van der Waals surface area contributed by atoms with Crippen LogP contribution in [0.1, 0.15) is 33.6 Å². The Hall–Kier alpha value is 0.01000. The van der Waals surface area contributed by atoms with Gasteiger partial charge in [0.15, 0.2) is 0 Å². The second-order valence-electron chi connectivity index (χ2n) is 5.68. The van der Waals surface area contributed by atoms with Gasteiger partial charge in [-0.2, -0.15) is 0 Å². The van der Waals surface area contributed by atoms with Gasteiger partial charge >= 0.3 is 0 Å². The predicted molar refractivity (Wildman–Crippen MR) is 84.3 cm³/mol. The Morgan fingerprint density at radius 3 is 2.89 bits per heavy atom. The van der Waals surface area contributed by atoms with Crippen molar-refractivity contribution < 1.29 is 0 Å². The van der Waals surface area contributed by atoms with Gasteiger partial charge in [-0.25, -0.2) is 0 Å². The molecule has 0 heterocycles. The first-order chi connectivity index (χ1) is 8.53. The third-order valence-corrected chi connectivity index (χ3v) is 5.62. The molecule has 1 aromatic carbocycles. The van der Waals surface area contributed by atoms with Crippen molar-refractivity contribution in [2.45, 2.75) is 49.8 Å². The summed E-state index contributed by atoms with van der Waals surface area (Å²) < 4.78 is 1.17. The first kappa shape index (κ1) is 14.4.